The van der Waals surface area contributed by atoms with E-state index in [4.69, 9.17) is 10.7 Å². The number of aliphatic hydroxyl groups excluding tert-OH is 2. The summed E-state index contributed by atoms with van der Waals surface area (Å²) in [6, 6.07) is 32.2. The number of aromatic nitrogens is 2. The molecule has 8 nitrogen and oxygen atoms in total. The SMILES string of the molecule is NC(=O)CC(NCc1cccc2ccccc12)c1ccc2c(c1)nc(-c1ccc(N(CCO)CCO)cc1)n2Cc1ccc(C(F)(F)F)cc1. The van der Waals surface area contributed by atoms with E-state index in [0.717, 1.165) is 50.8 Å². The van der Waals surface area contributed by atoms with Crippen molar-refractivity contribution in [2.75, 3.05) is 31.2 Å². The number of fused-ring (bicyclic) bond motifs is 2. The maximum Gasteiger partial charge on any atom is 0.416 e. The second-order valence-electron chi connectivity index (χ2n) is 12.2. The van der Waals surface area contributed by atoms with E-state index in [1.807, 2.05) is 76.2 Å². The Morgan fingerprint density at radius 3 is 2.26 bits per heavy atom. The monoisotopic (exact) mass is 681 g/mol. The van der Waals surface area contributed by atoms with Gasteiger partial charge in [-0.05, 0) is 76.0 Å². The number of nitrogens with zero attached hydrogens (tertiary/aromatic N) is 3. The van der Waals surface area contributed by atoms with Crippen molar-refractivity contribution >= 4 is 33.4 Å². The number of nitrogens with one attached hydrogen (secondary N) is 1. The highest BCUT2D eigenvalue weighted by Crippen LogP contribution is 2.32. The molecule has 1 unspecified atom stereocenters. The number of amides is 1. The summed E-state index contributed by atoms with van der Waals surface area (Å²) < 4.78 is 41.9. The van der Waals surface area contributed by atoms with Crippen molar-refractivity contribution in [2.24, 2.45) is 5.73 Å². The molecule has 0 spiro atoms. The lowest BCUT2D eigenvalue weighted by molar-refractivity contribution is -0.137. The van der Waals surface area contributed by atoms with Gasteiger partial charge in [0, 0.05) is 49.9 Å². The highest BCUT2D eigenvalue weighted by atomic mass is 19.4. The molecule has 1 heterocycles. The molecule has 6 aromatic rings. The van der Waals surface area contributed by atoms with Crippen molar-refractivity contribution in [1.82, 2.24) is 14.9 Å². The molecule has 0 aliphatic heterocycles. The number of imidazole rings is 1. The zero-order valence-electron chi connectivity index (χ0n) is 27.3. The van der Waals surface area contributed by atoms with Crippen molar-refractivity contribution in [3.63, 3.8) is 0 Å². The third kappa shape index (κ3) is 7.81. The summed E-state index contributed by atoms with van der Waals surface area (Å²) in [6.07, 6.45) is -4.37. The number of carbonyl (C=O) groups is 1. The lowest BCUT2D eigenvalue weighted by Gasteiger charge is -2.23. The van der Waals surface area contributed by atoms with Crippen molar-refractivity contribution in [1.29, 1.82) is 0 Å². The van der Waals surface area contributed by atoms with E-state index in [9.17, 15) is 28.2 Å². The molecule has 1 atom stereocenters. The largest absolute Gasteiger partial charge is 0.416 e. The third-order valence-electron chi connectivity index (χ3n) is 8.85. The number of hydrogen-bond acceptors (Lipinski definition) is 6. The van der Waals surface area contributed by atoms with Crippen LogP contribution in [-0.4, -0.2) is 52.0 Å². The lowest BCUT2D eigenvalue weighted by Crippen LogP contribution is -2.29. The predicted octanol–water partition coefficient (Wildman–Crippen LogP) is 6.42. The molecule has 5 aromatic carbocycles. The Balaban J connectivity index is 1.37. The predicted molar refractivity (Wildman–Crippen MR) is 189 cm³/mol. The molecular formula is C39H38F3N5O3. The summed E-state index contributed by atoms with van der Waals surface area (Å²) in [7, 11) is 0. The molecule has 6 rings (SSSR count). The molecule has 11 heteroatoms. The average molecular weight is 682 g/mol. The number of benzene rings is 5. The number of primary amides is 1. The lowest BCUT2D eigenvalue weighted by atomic mass is 10.0. The molecule has 5 N–H and O–H groups in total. The number of rotatable bonds is 14. The second-order valence-corrected chi connectivity index (χ2v) is 12.2. The van der Waals surface area contributed by atoms with E-state index in [0.29, 0.717) is 36.5 Å². The van der Waals surface area contributed by atoms with Crippen molar-refractivity contribution < 1.29 is 28.2 Å². The molecular weight excluding hydrogens is 643 g/mol. The Morgan fingerprint density at radius 1 is 0.880 bits per heavy atom. The van der Waals surface area contributed by atoms with Crippen LogP contribution in [0, 0.1) is 0 Å². The summed E-state index contributed by atoms with van der Waals surface area (Å²) in [5.41, 5.74) is 10.6. The molecule has 0 saturated carbocycles. The van der Waals surface area contributed by atoms with Gasteiger partial charge in [0.25, 0.3) is 0 Å². The minimum absolute atomic E-state index is 0.0645. The average Bonchev–Trinajstić information content (AvgIpc) is 3.47. The number of anilines is 1. The van der Waals surface area contributed by atoms with Gasteiger partial charge in [0.05, 0.1) is 29.8 Å². The Hall–Kier alpha value is -5.23. The van der Waals surface area contributed by atoms with Crippen molar-refractivity contribution in [3.05, 3.63) is 131 Å². The van der Waals surface area contributed by atoms with Crippen LogP contribution in [0.15, 0.2) is 109 Å². The molecule has 50 heavy (non-hydrogen) atoms. The van der Waals surface area contributed by atoms with Crippen molar-refractivity contribution in [3.8, 4) is 11.4 Å². The van der Waals surface area contributed by atoms with Gasteiger partial charge in [-0.25, -0.2) is 4.98 Å². The quantitative estimate of drug-likeness (QED) is 0.106. The molecule has 1 amide bonds. The first-order valence-corrected chi connectivity index (χ1v) is 16.4. The van der Waals surface area contributed by atoms with Crippen LogP contribution in [0.25, 0.3) is 33.2 Å². The first kappa shape index (κ1) is 34.6. The summed E-state index contributed by atoms with van der Waals surface area (Å²) in [5.74, 6) is 0.153. The number of aliphatic hydroxyl groups is 2. The van der Waals surface area contributed by atoms with Crippen LogP contribution >= 0.6 is 0 Å². The van der Waals surface area contributed by atoms with Gasteiger partial charge >= 0.3 is 6.18 Å². The summed E-state index contributed by atoms with van der Waals surface area (Å²) >= 11 is 0. The van der Waals surface area contributed by atoms with E-state index in [1.54, 1.807) is 0 Å². The number of nitrogens with two attached hydrogens (primary N) is 1. The fourth-order valence-corrected chi connectivity index (χ4v) is 6.35. The van der Waals surface area contributed by atoms with Gasteiger partial charge in [-0.1, -0.05) is 60.7 Å². The molecule has 258 valence electrons. The molecule has 0 saturated heterocycles. The maximum absolute atomic E-state index is 13.3. The first-order chi connectivity index (χ1) is 24.1. The molecule has 0 radical (unpaired) electrons. The van der Waals surface area contributed by atoms with Crippen LogP contribution in [0.4, 0.5) is 18.9 Å². The van der Waals surface area contributed by atoms with E-state index in [2.05, 4.69) is 23.5 Å². The first-order valence-electron chi connectivity index (χ1n) is 16.4. The normalized spacial score (nSPS) is 12.4. The van der Waals surface area contributed by atoms with Gasteiger partial charge in [0.15, 0.2) is 0 Å². The fourth-order valence-electron chi connectivity index (χ4n) is 6.35. The molecule has 0 bridgehead atoms. The Labute approximate surface area is 287 Å². The van der Waals surface area contributed by atoms with E-state index in [-0.39, 0.29) is 26.2 Å². The minimum Gasteiger partial charge on any atom is -0.395 e. The number of hydrogen-bond donors (Lipinski definition) is 4. The van der Waals surface area contributed by atoms with Gasteiger partial charge in [-0.3, -0.25) is 4.79 Å². The summed E-state index contributed by atoms with van der Waals surface area (Å²) in [6.45, 7) is 1.34. The van der Waals surface area contributed by atoms with E-state index < -0.39 is 23.7 Å². The highest BCUT2D eigenvalue weighted by Gasteiger charge is 2.30. The van der Waals surface area contributed by atoms with Crippen LogP contribution in [0.3, 0.4) is 0 Å². The number of alkyl halides is 3. The standard InChI is InChI=1S/C39H38F3N5O3/c40-39(41,42)31-13-8-26(9-14-31)25-47-36-17-12-29(34(23-37(43)50)44-24-30-6-3-5-27-4-1-2-7-33(27)30)22-35(36)45-38(47)28-10-15-32(16-11-28)46(18-20-48)19-21-49/h1-17,22,34,44,48-49H,18-21,23-25H2,(H2,43,50). The Kier molecular flexibility index (Phi) is 10.5. The topological polar surface area (TPSA) is 117 Å². The Bertz CT molecular complexity index is 2070. The fraction of sp³-hybridized carbons (Fsp3) is 0.231. The zero-order chi connectivity index (χ0) is 35.3. The second kappa shape index (κ2) is 15.1. The van der Waals surface area contributed by atoms with Crippen LogP contribution in [0.1, 0.15) is 34.7 Å². The molecule has 0 aliphatic carbocycles. The minimum atomic E-state index is -4.44. The van der Waals surface area contributed by atoms with Gasteiger partial charge < -0.3 is 30.7 Å². The van der Waals surface area contributed by atoms with Crippen LogP contribution in [0.2, 0.25) is 0 Å². The molecule has 0 fully saturated rings. The smallest absolute Gasteiger partial charge is 0.395 e. The van der Waals surface area contributed by atoms with Gasteiger partial charge in [-0.15, -0.1) is 0 Å². The van der Waals surface area contributed by atoms with Crippen molar-refractivity contribution in [2.45, 2.75) is 31.7 Å². The van der Waals surface area contributed by atoms with Gasteiger partial charge in [0.2, 0.25) is 5.91 Å². The molecule has 0 aliphatic rings. The van der Waals surface area contributed by atoms with Gasteiger partial charge in [0.1, 0.15) is 5.82 Å². The number of halogens is 3. The maximum atomic E-state index is 13.3. The van der Waals surface area contributed by atoms with Crippen LogP contribution < -0.4 is 16.0 Å². The van der Waals surface area contributed by atoms with Crippen LogP contribution in [-0.2, 0) is 24.1 Å². The number of carbonyl (C=O) groups excluding carboxylic acids is 1. The van der Waals surface area contributed by atoms with E-state index in [1.165, 1.54) is 12.1 Å². The highest BCUT2D eigenvalue weighted by molar-refractivity contribution is 5.86. The summed E-state index contributed by atoms with van der Waals surface area (Å²) in [4.78, 5) is 19.1. The van der Waals surface area contributed by atoms with E-state index >= 15 is 0 Å². The Morgan fingerprint density at radius 2 is 1.58 bits per heavy atom. The molecule has 1 aromatic heterocycles. The third-order valence-corrected chi connectivity index (χ3v) is 8.85. The van der Waals surface area contributed by atoms with Gasteiger partial charge in [-0.2, -0.15) is 13.2 Å². The zero-order valence-corrected chi connectivity index (χ0v) is 27.3. The summed E-state index contributed by atoms with van der Waals surface area (Å²) in [5, 5.41) is 24.7. The van der Waals surface area contributed by atoms with Crippen LogP contribution in [0.5, 0.6) is 0 Å².